The van der Waals surface area contributed by atoms with Gasteiger partial charge in [0, 0.05) is 5.69 Å². The number of nitrogen functional groups attached to an aromatic ring is 1. The van der Waals surface area contributed by atoms with Gasteiger partial charge in [0.05, 0.1) is 11.4 Å². The smallest absolute Gasteiger partial charge is 0.314 e. The Labute approximate surface area is 123 Å². The van der Waals surface area contributed by atoms with Crippen molar-refractivity contribution in [2.45, 2.75) is 13.8 Å². The van der Waals surface area contributed by atoms with E-state index < -0.39 is 11.8 Å². The Hall–Kier alpha value is -2.82. The van der Waals surface area contributed by atoms with Gasteiger partial charge in [-0.15, -0.1) is 0 Å². The van der Waals surface area contributed by atoms with Crippen molar-refractivity contribution < 1.29 is 9.59 Å². The number of carbonyl (C=O) groups excluding carboxylic acids is 2. The molecule has 108 valence electrons. The van der Waals surface area contributed by atoms with Crippen LogP contribution in [0, 0.1) is 13.8 Å². The van der Waals surface area contributed by atoms with Crippen molar-refractivity contribution in [2.24, 2.45) is 0 Å². The van der Waals surface area contributed by atoms with E-state index in [1.807, 2.05) is 26.0 Å². The van der Waals surface area contributed by atoms with Crippen LogP contribution in [0.2, 0.25) is 0 Å². The molecular weight excluding hydrogens is 266 g/mol. The molecule has 5 nitrogen and oxygen atoms in total. The first-order chi connectivity index (χ1) is 9.95. The van der Waals surface area contributed by atoms with E-state index in [9.17, 15) is 9.59 Å². The molecule has 21 heavy (non-hydrogen) atoms. The molecule has 2 amide bonds. The Morgan fingerprint density at radius 2 is 1.57 bits per heavy atom. The fourth-order valence-corrected chi connectivity index (χ4v) is 1.87. The molecule has 0 aromatic heterocycles. The van der Waals surface area contributed by atoms with E-state index in [4.69, 9.17) is 5.73 Å². The standard InChI is InChI=1S/C16H17N3O2/c1-10-4-3-5-12(8-10)18-15(20)16(21)19-14-9-11(2)6-7-13(14)17/h3-9H,17H2,1-2H3,(H,18,20)(H,19,21). The number of nitrogens with one attached hydrogen (secondary N) is 2. The lowest BCUT2D eigenvalue weighted by molar-refractivity contribution is -0.132. The zero-order chi connectivity index (χ0) is 15.4. The highest BCUT2D eigenvalue weighted by atomic mass is 16.2. The predicted molar refractivity (Wildman–Crippen MR) is 84.0 cm³/mol. The largest absolute Gasteiger partial charge is 0.397 e. The number of amides is 2. The van der Waals surface area contributed by atoms with Crippen molar-refractivity contribution in [2.75, 3.05) is 16.4 Å². The summed E-state index contributed by atoms with van der Waals surface area (Å²) in [6.07, 6.45) is 0. The molecule has 2 aromatic rings. The van der Waals surface area contributed by atoms with Gasteiger partial charge in [0.1, 0.15) is 0 Å². The Kier molecular flexibility index (Phi) is 4.23. The van der Waals surface area contributed by atoms with Crippen molar-refractivity contribution in [3.8, 4) is 0 Å². The van der Waals surface area contributed by atoms with Gasteiger partial charge in [-0.1, -0.05) is 18.2 Å². The second-order valence-electron chi connectivity index (χ2n) is 4.87. The fraction of sp³-hybridized carbons (Fsp3) is 0.125. The van der Waals surface area contributed by atoms with Crippen LogP contribution < -0.4 is 16.4 Å². The Balaban J connectivity index is 2.06. The van der Waals surface area contributed by atoms with Crippen molar-refractivity contribution in [1.29, 1.82) is 0 Å². The predicted octanol–water partition coefficient (Wildman–Crippen LogP) is 2.46. The van der Waals surface area contributed by atoms with Crippen LogP contribution in [-0.4, -0.2) is 11.8 Å². The number of hydrogen-bond donors (Lipinski definition) is 3. The molecule has 2 aromatic carbocycles. The van der Waals surface area contributed by atoms with Crippen LogP contribution in [0.3, 0.4) is 0 Å². The summed E-state index contributed by atoms with van der Waals surface area (Å²) in [5.41, 5.74) is 9.12. The van der Waals surface area contributed by atoms with Gasteiger partial charge < -0.3 is 16.4 Å². The van der Waals surface area contributed by atoms with E-state index in [1.54, 1.807) is 30.3 Å². The van der Waals surface area contributed by atoms with Gasteiger partial charge in [-0.05, 0) is 49.2 Å². The lowest BCUT2D eigenvalue weighted by atomic mass is 10.2. The number of anilines is 3. The first-order valence-corrected chi connectivity index (χ1v) is 6.51. The van der Waals surface area contributed by atoms with Crippen molar-refractivity contribution in [1.82, 2.24) is 0 Å². The molecule has 4 N–H and O–H groups in total. The number of nitrogens with two attached hydrogens (primary N) is 1. The summed E-state index contributed by atoms with van der Waals surface area (Å²) >= 11 is 0. The molecule has 0 bridgehead atoms. The van der Waals surface area contributed by atoms with E-state index >= 15 is 0 Å². The lowest BCUT2D eigenvalue weighted by Crippen LogP contribution is -2.29. The van der Waals surface area contributed by atoms with E-state index in [2.05, 4.69) is 10.6 Å². The number of aryl methyl sites for hydroxylation is 2. The van der Waals surface area contributed by atoms with Crippen LogP contribution in [0.5, 0.6) is 0 Å². The topological polar surface area (TPSA) is 84.2 Å². The molecule has 5 heteroatoms. The third-order valence-corrected chi connectivity index (χ3v) is 2.94. The molecule has 0 fully saturated rings. The van der Waals surface area contributed by atoms with Gasteiger partial charge in [0.25, 0.3) is 0 Å². The van der Waals surface area contributed by atoms with Crippen molar-refractivity contribution in [3.63, 3.8) is 0 Å². The summed E-state index contributed by atoms with van der Waals surface area (Å²) < 4.78 is 0. The molecule has 0 saturated carbocycles. The van der Waals surface area contributed by atoms with Crippen LogP contribution in [0.15, 0.2) is 42.5 Å². The fourth-order valence-electron chi connectivity index (χ4n) is 1.87. The molecule has 0 unspecified atom stereocenters. The van der Waals surface area contributed by atoms with E-state index in [-0.39, 0.29) is 0 Å². The Bertz CT molecular complexity index is 696. The molecule has 0 aliphatic heterocycles. The molecular formula is C16H17N3O2. The van der Waals surface area contributed by atoms with Gasteiger partial charge in [-0.2, -0.15) is 0 Å². The van der Waals surface area contributed by atoms with Gasteiger partial charge in [-0.3, -0.25) is 9.59 Å². The summed E-state index contributed by atoms with van der Waals surface area (Å²) in [5.74, 6) is -1.49. The zero-order valence-corrected chi connectivity index (χ0v) is 11.9. The molecule has 0 atom stereocenters. The van der Waals surface area contributed by atoms with E-state index in [0.29, 0.717) is 17.1 Å². The summed E-state index contributed by atoms with van der Waals surface area (Å²) in [5, 5.41) is 5.05. The van der Waals surface area contributed by atoms with Gasteiger partial charge in [0.15, 0.2) is 0 Å². The number of carbonyl (C=O) groups is 2. The highest BCUT2D eigenvalue weighted by Crippen LogP contribution is 2.19. The summed E-state index contributed by atoms with van der Waals surface area (Å²) in [6, 6.07) is 12.4. The van der Waals surface area contributed by atoms with E-state index in [1.165, 1.54) is 0 Å². The first-order valence-electron chi connectivity index (χ1n) is 6.51. The maximum atomic E-state index is 11.9. The monoisotopic (exact) mass is 283 g/mol. The zero-order valence-electron chi connectivity index (χ0n) is 11.9. The van der Waals surface area contributed by atoms with Crippen molar-refractivity contribution in [3.05, 3.63) is 53.6 Å². The number of rotatable bonds is 2. The Morgan fingerprint density at radius 1 is 0.905 bits per heavy atom. The molecule has 0 saturated heterocycles. The molecule has 2 rings (SSSR count). The SMILES string of the molecule is Cc1cccc(NC(=O)C(=O)Nc2cc(C)ccc2N)c1. The van der Waals surface area contributed by atoms with Gasteiger partial charge in [-0.25, -0.2) is 0 Å². The minimum absolute atomic E-state index is 0.414. The van der Waals surface area contributed by atoms with Crippen LogP contribution in [0.4, 0.5) is 17.1 Å². The summed E-state index contributed by atoms with van der Waals surface area (Å²) in [6.45, 7) is 3.78. The molecule has 0 aliphatic carbocycles. The third-order valence-electron chi connectivity index (χ3n) is 2.94. The molecule has 0 heterocycles. The summed E-state index contributed by atoms with van der Waals surface area (Å²) in [7, 11) is 0. The maximum absolute atomic E-state index is 11.9. The van der Waals surface area contributed by atoms with Crippen LogP contribution in [0.1, 0.15) is 11.1 Å². The quantitative estimate of drug-likeness (QED) is 0.584. The Morgan fingerprint density at radius 3 is 2.29 bits per heavy atom. The minimum atomic E-state index is -0.756. The molecule has 0 spiro atoms. The van der Waals surface area contributed by atoms with Gasteiger partial charge >= 0.3 is 11.8 Å². The van der Waals surface area contributed by atoms with Crippen LogP contribution in [0.25, 0.3) is 0 Å². The van der Waals surface area contributed by atoms with Gasteiger partial charge in [0.2, 0.25) is 0 Å². The average Bonchev–Trinajstić information content (AvgIpc) is 2.43. The lowest BCUT2D eigenvalue weighted by Gasteiger charge is -2.09. The third kappa shape index (κ3) is 3.82. The first kappa shape index (κ1) is 14.6. The maximum Gasteiger partial charge on any atom is 0.314 e. The molecule has 0 radical (unpaired) electrons. The average molecular weight is 283 g/mol. The highest BCUT2D eigenvalue weighted by molar-refractivity contribution is 6.43. The number of hydrogen-bond acceptors (Lipinski definition) is 3. The second-order valence-corrected chi connectivity index (χ2v) is 4.87. The second kappa shape index (κ2) is 6.09. The number of benzene rings is 2. The van der Waals surface area contributed by atoms with Crippen LogP contribution in [-0.2, 0) is 9.59 Å². The minimum Gasteiger partial charge on any atom is -0.397 e. The van der Waals surface area contributed by atoms with Crippen LogP contribution >= 0.6 is 0 Å². The highest BCUT2D eigenvalue weighted by Gasteiger charge is 2.15. The van der Waals surface area contributed by atoms with Crippen molar-refractivity contribution >= 4 is 28.9 Å². The van der Waals surface area contributed by atoms with E-state index in [0.717, 1.165) is 11.1 Å². The summed E-state index contributed by atoms with van der Waals surface area (Å²) in [4.78, 5) is 23.7. The normalized spacial score (nSPS) is 10.0. The molecule has 0 aliphatic rings.